The van der Waals surface area contributed by atoms with E-state index in [9.17, 15) is 17.6 Å². The highest BCUT2D eigenvalue weighted by atomic mass is 19.4. The highest BCUT2D eigenvalue weighted by Crippen LogP contribution is 2.44. The number of halogens is 4. The van der Waals surface area contributed by atoms with E-state index in [2.05, 4.69) is 0 Å². The lowest BCUT2D eigenvalue weighted by Gasteiger charge is -2.30. The third-order valence-electron chi connectivity index (χ3n) is 2.79. The molecule has 18 heavy (non-hydrogen) atoms. The summed E-state index contributed by atoms with van der Waals surface area (Å²) in [5, 5.41) is 0. The quantitative estimate of drug-likeness (QED) is 0.730. The van der Waals surface area contributed by atoms with Crippen molar-refractivity contribution in [1.29, 1.82) is 0 Å². The van der Waals surface area contributed by atoms with E-state index in [0.717, 1.165) is 26.0 Å². The van der Waals surface area contributed by atoms with Crippen molar-refractivity contribution in [3.63, 3.8) is 0 Å². The van der Waals surface area contributed by atoms with Crippen molar-refractivity contribution in [2.75, 3.05) is 6.61 Å². The fourth-order valence-corrected chi connectivity index (χ4v) is 1.48. The van der Waals surface area contributed by atoms with Gasteiger partial charge in [-0.1, -0.05) is 6.92 Å². The van der Waals surface area contributed by atoms with Crippen LogP contribution >= 0.6 is 0 Å². The molecule has 0 aliphatic carbocycles. The van der Waals surface area contributed by atoms with E-state index in [1.807, 2.05) is 6.92 Å². The molecule has 102 valence electrons. The van der Waals surface area contributed by atoms with Crippen molar-refractivity contribution in [1.82, 2.24) is 0 Å². The smallest absolute Gasteiger partial charge is 0.398 e. The molecule has 0 aliphatic rings. The SMILES string of the molecule is CCCOc1ccc(F)cc1C(C)(C)C(F)(F)F. The summed E-state index contributed by atoms with van der Waals surface area (Å²) >= 11 is 0. The maximum Gasteiger partial charge on any atom is 0.398 e. The van der Waals surface area contributed by atoms with Crippen molar-refractivity contribution in [2.45, 2.75) is 38.8 Å². The Bertz CT molecular complexity index is 410. The predicted molar refractivity (Wildman–Crippen MR) is 61.3 cm³/mol. The summed E-state index contributed by atoms with van der Waals surface area (Å²) < 4.78 is 57.3. The lowest BCUT2D eigenvalue weighted by molar-refractivity contribution is -0.180. The van der Waals surface area contributed by atoms with Gasteiger partial charge < -0.3 is 4.74 Å². The van der Waals surface area contributed by atoms with Crippen LogP contribution in [0.1, 0.15) is 32.8 Å². The molecule has 0 radical (unpaired) electrons. The molecule has 0 N–H and O–H groups in total. The maximum atomic E-state index is 13.2. The van der Waals surface area contributed by atoms with E-state index < -0.39 is 17.4 Å². The molecule has 5 heteroatoms. The molecule has 0 fully saturated rings. The van der Waals surface area contributed by atoms with Crippen LogP contribution in [0, 0.1) is 5.82 Å². The topological polar surface area (TPSA) is 9.23 Å². The molecule has 1 rings (SSSR count). The number of hydrogen-bond donors (Lipinski definition) is 0. The highest BCUT2D eigenvalue weighted by molar-refractivity contribution is 5.40. The van der Waals surface area contributed by atoms with Crippen LogP contribution in [-0.2, 0) is 5.41 Å². The van der Waals surface area contributed by atoms with E-state index in [4.69, 9.17) is 4.74 Å². The molecule has 1 aromatic carbocycles. The molecule has 0 heterocycles. The molecule has 0 bridgehead atoms. The maximum absolute atomic E-state index is 13.2. The van der Waals surface area contributed by atoms with E-state index in [1.165, 1.54) is 6.07 Å². The Morgan fingerprint density at radius 2 is 1.78 bits per heavy atom. The molecule has 1 nitrogen and oxygen atoms in total. The zero-order chi connectivity index (χ0) is 14.0. The van der Waals surface area contributed by atoms with Gasteiger partial charge in [-0.25, -0.2) is 4.39 Å². The van der Waals surface area contributed by atoms with Crippen LogP contribution in [0.4, 0.5) is 17.6 Å². The van der Waals surface area contributed by atoms with Crippen molar-refractivity contribution in [2.24, 2.45) is 0 Å². The van der Waals surface area contributed by atoms with Crippen LogP contribution in [0.2, 0.25) is 0 Å². The highest BCUT2D eigenvalue weighted by Gasteiger charge is 2.50. The summed E-state index contributed by atoms with van der Waals surface area (Å²) in [5.41, 5.74) is -2.33. The Labute approximate surface area is 104 Å². The third-order valence-corrected chi connectivity index (χ3v) is 2.79. The molecule has 0 saturated heterocycles. The Morgan fingerprint density at radius 3 is 2.28 bits per heavy atom. The Kier molecular flexibility index (Phi) is 4.24. The van der Waals surface area contributed by atoms with E-state index >= 15 is 0 Å². The van der Waals surface area contributed by atoms with Gasteiger partial charge in [0.05, 0.1) is 12.0 Å². The molecule has 0 aliphatic heterocycles. The van der Waals surface area contributed by atoms with Gasteiger partial charge in [-0.05, 0) is 38.5 Å². The second-order valence-corrected chi connectivity index (χ2v) is 4.61. The fraction of sp³-hybridized carbons (Fsp3) is 0.538. The van der Waals surface area contributed by atoms with Crippen LogP contribution < -0.4 is 4.74 Å². The third kappa shape index (κ3) is 2.94. The number of rotatable bonds is 4. The summed E-state index contributed by atoms with van der Waals surface area (Å²) in [7, 11) is 0. The number of ether oxygens (including phenoxy) is 1. The number of hydrogen-bond acceptors (Lipinski definition) is 1. The standard InChI is InChI=1S/C13H16F4O/c1-4-7-18-11-6-5-9(14)8-10(11)12(2,3)13(15,16)17/h5-6,8H,4,7H2,1-3H3. The van der Waals surface area contributed by atoms with Gasteiger partial charge in [0, 0.05) is 5.56 Å². The van der Waals surface area contributed by atoms with Crippen molar-refractivity contribution in [3.05, 3.63) is 29.6 Å². The van der Waals surface area contributed by atoms with Gasteiger partial charge in [0.1, 0.15) is 11.6 Å². The molecule has 0 unspecified atom stereocenters. The Morgan fingerprint density at radius 1 is 1.17 bits per heavy atom. The minimum atomic E-state index is -4.47. The predicted octanol–water partition coefficient (Wildman–Crippen LogP) is 4.45. The normalized spacial score (nSPS) is 12.6. The first-order valence-electron chi connectivity index (χ1n) is 5.69. The van der Waals surface area contributed by atoms with Crippen molar-refractivity contribution >= 4 is 0 Å². The second kappa shape index (κ2) is 5.16. The van der Waals surface area contributed by atoms with Crippen molar-refractivity contribution in [3.8, 4) is 5.75 Å². The molecule has 0 atom stereocenters. The van der Waals surface area contributed by atoms with Gasteiger partial charge in [0.15, 0.2) is 0 Å². The summed E-state index contributed by atoms with van der Waals surface area (Å²) in [5.74, 6) is -0.619. The minimum Gasteiger partial charge on any atom is -0.493 e. The Balaban J connectivity index is 3.24. The second-order valence-electron chi connectivity index (χ2n) is 4.61. The van der Waals surface area contributed by atoms with Crippen LogP contribution in [0.15, 0.2) is 18.2 Å². The zero-order valence-corrected chi connectivity index (χ0v) is 10.6. The van der Waals surface area contributed by atoms with Gasteiger partial charge in [0.25, 0.3) is 0 Å². The molecule has 0 spiro atoms. The summed E-state index contributed by atoms with van der Waals surface area (Å²) in [6.07, 6.45) is -3.80. The van der Waals surface area contributed by atoms with Gasteiger partial charge in [-0.2, -0.15) is 13.2 Å². The number of benzene rings is 1. The molecule has 0 amide bonds. The minimum absolute atomic E-state index is 0.0839. The van der Waals surface area contributed by atoms with Gasteiger partial charge in [-0.15, -0.1) is 0 Å². The summed E-state index contributed by atoms with van der Waals surface area (Å²) in [4.78, 5) is 0. The monoisotopic (exact) mass is 264 g/mol. The van der Waals surface area contributed by atoms with Gasteiger partial charge in [-0.3, -0.25) is 0 Å². The molecule has 1 aromatic rings. The lowest BCUT2D eigenvalue weighted by atomic mass is 9.83. The first-order chi connectivity index (χ1) is 8.20. The van der Waals surface area contributed by atoms with Gasteiger partial charge in [0.2, 0.25) is 0 Å². The van der Waals surface area contributed by atoms with Crippen LogP contribution in [-0.4, -0.2) is 12.8 Å². The van der Waals surface area contributed by atoms with E-state index in [1.54, 1.807) is 0 Å². The van der Waals surface area contributed by atoms with E-state index in [-0.39, 0.29) is 11.3 Å². The molecule has 0 aromatic heterocycles. The first kappa shape index (κ1) is 14.8. The zero-order valence-electron chi connectivity index (χ0n) is 10.6. The number of alkyl halides is 3. The largest absolute Gasteiger partial charge is 0.493 e. The first-order valence-corrected chi connectivity index (χ1v) is 5.69. The molecular formula is C13H16F4O. The van der Waals surface area contributed by atoms with Crippen LogP contribution in [0.5, 0.6) is 5.75 Å². The molecule has 0 saturated carbocycles. The van der Waals surface area contributed by atoms with Crippen LogP contribution in [0.25, 0.3) is 0 Å². The lowest BCUT2D eigenvalue weighted by Crippen LogP contribution is -2.36. The van der Waals surface area contributed by atoms with E-state index in [0.29, 0.717) is 13.0 Å². The molecular weight excluding hydrogens is 248 g/mol. The summed E-state index contributed by atoms with van der Waals surface area (Å²) in [6.45, 7) is 4.17. The average Bonchev–Trinajstić information content (AvgIpc) is 2.25. The Hall–Kier alpha value is -1.26. The fourth-order valence-electron chi connectivity index (χ4n) is 1.48. The van der Waals surface area contributed by atoms with Crippen molar-refractivity contribution < 1.29 is 22.3 Å². The summed E-state index contributed by atoms with van der Waals surface area (Å²) in [6, 6.07) is 3.23. The van der Waals surface area contributed by atoms with Gasteiger partial charge >= 0.3 is 6.18 Å². The van der Waals surface area contributed by atoms with Crippen LogP contribution in [0.3, 0.4) is 0 Å². The average molecular weight is 264 g/mol.